The Morgan fingerprint density at radius 3 is 2.17 bits per heavy atom. The molecule has 0 saturated carbocycles. The topological polar surface area (TPSA) is 63.3 Å². The molecule has 0 aliphatic rings. The molecule has 0 aliphatic heterocycles. The lowest BCUT2D eigenvalue weighted by molar-refractivity contribution is 0.0698. The van der Waals surface area contributed by atoms with Gasteiger partial charge in [0, 0.05) is 15.7 Å². The molecule has 2 aromatic rings. The minimum atomic E-state index is -1.07. The van der Waals surface area contributed by atoms with Gasteiger partial charge >= 0.3 is 5.97 Å². The van der Waals surface area contributed by atoms with Gasteiger partial charge in [-0.2, -0.15) is 0 Å². The van der Waals surface area contributed by atoms with Crippen molar-refractivity contribution >= 4 is 34.9 Å². The van der Waals surface area contributed by atoms with Crippen molar-refractivity contribution in [3.63, 3.8) is 0 Å². The fourth-order valence-electron chi connectivity index (χ4n) is 1.64. The Kier molecular flexibility index (Phi) is 3.45. The standard InChI is InChI=1S/C13H9Cl2NO2/c14-9-3-8(4-10(15)6-9)7-1-2-12(16)11(5-7)13(17)18/h1-6H,16H2,(H,17,18). The van der Waals surface area contributed by atoms with Gasteiger partial charge in [0.2, 0.25) is 0 Å². The van der Waals surface area contributed by atoms with Crippen LogP contribution in [0.2, 0.25) is 10.0 Å². The molecule has 0 amide bonds. The molecule has 18 heavy (non-hydrogen) atoms. The number of nitrogen functional groups attached to an aromatic ring is 1. The third kappa shape index (κ3) is 2.58. The van der Waals surface area contributed by atoms with Gasteiger partial charge in [0.25, 0.3) is 0 Å². The average molecular weight is 282 g/mol. The summed E-state index contributed by atoms with van der Waals surface area (Å²) in [4.78, 5) is 11.0. The molecule has 0 radical (unpaired) electrons. The predicted molar refractivity (Wildman–Crippen MR) is 73.3 cm³/mol. The molecule has 3 N–H and O–H groups in total. The van der Waals surface area contributed by atoms with Crippen LogP contribution in [0.3, 0.4) is 0 Å². The lowest BCUT2D eigenvalue weighted by Gasteiger charge is -2.07. The summed E-state index contributed by atoms with van der Waals surface area (Å²) >= 11 is 11.8. The number of carboxylic acids is 1. The Hall–Kier alpha value is -1.71. The van der Waals surface area contributed by atoms with Crippen molar-refractivity contribution in [2.24, 2.45) is 0 Å². The zero-order valence-corrected chi connectivity index (χ0v) is 10.7. The van der Waals surface area contributed by atoms with Crippen molar-refractivity contribution in [1.82, 2.24) is 0 Å². The van der Waals surface area contributed by atoms with Crippen LogP contribution in [0.25, 0.3) is 11.1 Å². The fourth-order valence-corrected chi connectivity index (χ4v) is 2.17. The van der Waals surface area contributed by atoms with Gasteiger partial charge in [0.1, 0.15) is 0 Å². The van der Waals surface area contributed by atoms with E-state index in [0.717, 1.165) is 5.56 Å². The van der Waals surface area contributed by atoms with Gasteiger partial charge in [-0.3, -0.25) is 0 Å². The van der Waals surface area contributed by atoms with Gasteiger partial charge in [-0.05, 0) is 41.5 Å². The minimum absolute atomic E-state index is 0.0589. The molecule has 0 fully saturated rings. The number of aromatic carboxylic acids is 1. The molecule has 0 aromatic heterocycles. The molecule has 0 heterocycles. The number of halogens is 2. The van der Waals surface area contributed by atoms with Gasteiger partial charge in [-0.25, -0.2) is 4.79 Å². The molecule has 0 unspecified atom stereocenters. The molecular weight excluding hydrogens is 273 g/mol. The van der Waals surface area contributed by atoms with E-state index in [1.807, 2.05) is 0 Å². The Labute approximate surface area is 114 Å². The van der Waals surface area contributed by atoms with E-state index in [1.165, 1.54) is 6.07 Å². The molecule has 5 heteroatoms. The van der Waals surface area contributed by atoms with Crippen LogP contribution >= 0.6 is 23.2 Å². The van der Waals surface area contributed by atoms with Crippen LogP contribution in [0, 0.1) is 0 Å². The van der Waals surface area contributed by atoms with Crippen molar-refractivity contribution in [3.05, 3.63) is 52.0 Å². The molecule has 92 valence electrons. The summed E-state index contributed by atoms with van der Waals surface area (Å²) in [7, 11) is 0. The molecular formula is C13H9Cl2NO2. The second-order valence-electron chi connectivity index (χ2n) is 3.77. The zero-order valence-electron chi connectivity index (χ0n) is 9.15. The van der Waals surface area contributed by atoms with E-state index >= 15 is 0 Å². The number of carbonyl (C=O) groups is 1. The number of nitrogens with two attached hydrogens (primary N) is 1. The summed E-state index contributed by atoms with van der Waals surface area (Å²) in [6.07, 6.45) is 0. The molecule has 0 aliphatic carbocycles. The van der Waals surface area contributed by atoms with Crippen LogP contribution in [0.1, 0.15) is 10.4 Å². The monoisotopic (exact) mass is 281 g/mol. The maximum absolute atomic E-state index is 11.0. The highest BCUT2D eigenvalue weighted by Crippen LogP contribution is 2.29. The van der Waals surface area contributed by atoms with E-state index in [2.05, 4.69) is 0 Å². The first-order chi connectivity index (χ1) is 8.47. The summed E-state index contributed by atoms with van der Waals surface area (Å²) in [6, 6.07) is 9.81. The van der Waals surface area contributed by atoms with Gasteiger partial charge in [0.05, 0.1) is 5.56 Å². The zero-order chi connectivity index (χ0) is 13.3. The maximum atomic E-state index is 11.0. The Bertz CT molecular complexity index is 606. The number of anilines is 1. The number of rotatable bonds is 2. The van der Waals surface area contributed by atoms with E-state index in [1.54, 1.807) is 30.3 Å². The summed E-state index contributed by atoms with van der Waals surface area (Å²) in [6.45, 7) is 0. The highest BCUT2D eigenvalue weighted by atomic mass is 35.5. The van der Waals surface area contributed by atoms with Crippen LogP contribution in [-0.2, 0) is 0 Å². The number of hydrogen-bond acceptors (Lipinski definition) is 2. The third-order valence-corrected chi connectivity index (χ3v) is 2.92. The SMILES string of the molecule is Nc1ccc(-c2cc(Cl)cc(Cl)c2)cc1C(=O)O. The second kappa shape index (κ2) is 4.88. The first-order valence-electron chi connectivity index (χ1n) is 5.06. The lowest BCUT2D eigenvalue weighted by atomic mass is 10.0. The molecule has 2 aromatic carbocycles. The molecule has 2 rings (SSSR count). The van der Waals surface area contributed by atoms with Crippen LogP contribution in [-0.4, -0.2) is 11.1 Å². The minimum Gasteiger partial charge on any atom is -0.478 e. The molecule has 0 bridgehead atoms. The lowest BCUT2D eigenvalue weighted by Crippen LogP contribution is -2.02. The van der Waals surface area contributed by atoms with Gasteiger partial charge in [0.15, 0.2) is 0 Å². The van der Waals surface area contributed by atoms with Crippen LogP contribution in [0.15, 0.2) is 36.4 Å². The molecule has 0 saturated heterocycles. The summed E-state index contributed by atoms with van der Waals surface area (Å²) in [5.74, 6) is -1.07. The van der Waals surface area contributed by atoms with E-state index in [9.17, 15) is 4.79 Å². The van der Waals surface area contributed by atoms with Crippen molar-refractivity contribution in [1.29, 1.82) is 0 Å². The quantitative estimate of drug-likeness (QED) is 0.820. The highest BCUT2D eigenvalue weighted by molar-refractivity contribution is 6.35. The van der Waals surface area contributed by atoms with Crippen LogP contribution in [0.5, 0.6) is 0 Å². The van der Waals surface area contributed by atoms with E-state index < -0.39 is 5.97 Å². The average Bonchev–Trinajstić information content (AvgIpc) is 2.27. The van der Waals surface area contributed by atoms with Crippen LogP contribution in [0.4, 0.5) is 5.69 Å². The van der Waals surface area contributed by atoms with Crippen molar-refractivity contribution < 1.29 is 9.90 Å². The summed E-state index contributed by atoms with van der Waals surface area (Å²) in [5, 5.41) is 10.00. The molecule has 3 nitrogen and oxygen atoms in total. The number of carboxylic acid groups (broad SMARTS) is 1. The Morgan fingerprint density at radius 1 is 1.00 bits per heavy atom. The van der Waals surface area contributed by atoms with Crippen molar-refractivity contribution in [2.75, 3.05) is 5.73 Å². The first kappa shape index (κ1) is 12.7. The highest BCUT2D eigenvalue weighted by Gasteiger charge is 2.10. The molecule has 0 atom stereocenters. The Morgan fingerprint density at radius 2 is 1.61 bits per heavy atom. The fraction of sp³-hybridized carbons (Fsp3) is 0. The number of benzene rings is 2. The van der Waals surface area contributed by atoms with Crippen LogP contribution < -0.4 is 5.73 Å². The first-order valence-corrected chi connectivity index (χ1v) is 5.82. The summed E-state index contributed by atoms with van der Waals surface area (Å²) < 4.78 is 0. The smallest absolute Gasteiger partial charge is 0.337 e. The summed E-state index contributed by atoms with van der Waals surface area (Å²) in [5.41, 5.74) is 7.32. The second-order valence-corrected chi connectivity index (χ2v) is 4.64. The third-order valence-electron chi connectivity index (χ3n) is 2.48. The largest absolute Gasteiger partial charge is 0.478 e. The number of hydrogen-bond donors (Lipinski definition) is 2. The van der Waals surface area contributed by atoms with Gasteiger partial charge in [-0.15, -0.1) is 0 Å². The van der Waals surface area contributed by atoms with Gasteiger partial charge in [-0.1, -0.05) is 29.3 Å². The van der Waals surface area contributed by atoms with E-state index in [-0.39, 0.29) is 11.3 Å². The van der Waals surface area contributed by atoms with E-state index in [0.29, 0.717) is 15.6 Å². The predicted octanol–water partition coefficient (Wildman–Crippen LogP) is 3.94. The van der Waals surface area contributed by atoms with Crippen molar-refractivity contribution in [3.8, 4) is 11.1 Å². The molecule has 0 spiro atoms. The Balaban J connectivity index is 2.57. The van der Waals surface area contributed by atoms with E-state index in [4.69, 9.17) is 34.0 Å². The van der Waals surface area contributed by atoms with Gasteiger partial charge < -0.3 is 10.8 Å². The normalized spacial score (nSPS) is 10.3. The van der Waals surface area contributed by atoms with Crippen molar-refractivity contribution in [2.45, 2.75) is 0 Å². The maximum Gasteiger partial charge on any atom is 0.337 e.